The van der Waals surface area contributed by atoms with Crippen molar-refractivity contribution in [2.75, 3.05) is 6.54 Å². The normalized spacial score (nSPS) is 12.3. The monoisotopic (exact) mass is 288 g/mol. The average Bonchev–Trinajstić information content (AvgIpc) is 2.53. The first-order valence-corrected chi connectivity index (χ1v) is 7.26. The molecule has 1 unspecified atom stereocenters. The Labute approximate surface area is 124 Å². The predicted molar refractivity (Wildman–Crippen MR) is 81.3 cm³/mol. The molecule has 0 spiro atoms. The first-order valence-electron chi connectivity index (χ1n) is 7.26. The van der Waals surface area contributed by atoms with Gasteiger partial charge in [-0.1, -0.05) is 31.2 Å². The highest BCUT2D eigenvalue weighted by Gasteiger charge is 2.09. The number of nitrogens with one attached hydrogen (secondary N) is 1. The molecule has 0 aliphatic heterocycles. The number of aliphatic hydroxyl groups is 1. The van der Waals surface area contributed by atoms with Crippen molar-refractivity contribution in [3.8, 4) is 0 Å². The molecule has 2 rings (SSSR count). The number of aliphatic hydroxyl groups excluding tert-OH is 1. The molecular weight excluding hydrogens is 267 g/mol. The lowest BCUT2D eigenvalue weighted by Crippen LogP contribution is -2.24. The second-order valence-corrected chi connectivity index (χ2v) is 5.04. The van der Waals surface area contributed by atoms with Crippen LogP contribution in [0.5, 0.6) is 0 Å². The molecule has 0 saturated heterocycles. The maximum absolute atomic E-state index is 12.9. The second-order valence-electron chi connectivity index (χ2n) is 5.04. The Morgan fingerprint density at radius 1 is 1.14 bits per heavy atom. The molecule has 0 bridgehead atoms. The maximum atomic E-state index is 12.9. The SMILES string of the molecule is CCC(NCCc1ccc(CO)cc1)c1ccc(F)cn1. The van der Waals surface area contributed by atoms with Crippen LogP contribution in [0.4, 0.5) is 4.39 Å². The summed E-state index contributed by atoms with van der Waals surface area (Å²) in [6.45, 7) is 2.99. The molecular formula is C17H21FN2O. The highest BCUT2D eigenvalue weighted by Crippen LogP contribution is 2.14. The Hall–Kier alpha value is -1.78. The summed E-state index contributed by atoms with van der Waals surface area (Å²) < 4.78 is 12.9. The third-order valence-corrected chi connectivity index (χ3v) is 3.53. The topological polar surface area (TPSA) is 45.1 Å². The van der Waals surface area contributed by atoms with Crippen molar-refractivity contribution in [3.05, 3.63) is 65.2 Å². The van der Waals surface area contributed by atoms with Crippen LogP contribution in [0.1, 0.15) is 36.2 Å². The van der Waals surface area contributed by atoms with Crippen LogP contribution >= 0.6 is 0 Å². The molecule has 1 atom stereocenters. The zero-order valence-electron chi connectivity index (χ0n) is 12.2. The molecule has 21 heavy (non-hydrogen) atoms. The summed E-state index contributed by atoms with van der Waals surface area (Å²) in [5.74, 6) is -0.308. The van der Waals surface area contributed by atoms with E-state index in [-0.39, 0.29) is 18.5 Å². The number of benzene rings is 1. The molecule has 0 fully saturated rings. The third-order valence-electron chi connectivity index (χ3n) is 3.53. The minimum Gasteiger partial charge on any atom is -0.392 e. The first kappa shape index (κ1) is 15.6. The van der Waals surface area contributed by atoms with Crippen molar-refractivity contribution in [1.29, 1.82) is 0 Å². The molecule has 0 aliphatic rings. The maximum Gasteiger partial charge on any atom is 0.141 e. The number of rotatable bonds is 7. The van der Waals surface area contributed by atoms with Gasteiger partial charge in [-0.25, -0.2) is 4.39 Å². The van der Waals surface area contributed by atoms with Crippen molar-refractivity contribution in [3.63, 3.8) is 0 Å². The van der Waals surface area contributed by atoms with Gasteiger partial charge in [0.1, 0.15) is 5.82 Å². The lowest BCUT2D eigenvalue weighted by atomic mass is 10.1. The molecule has 0 radical (unpaired) electrons. The summed E-state index contributed by atoms with van der Waals surface area (Å²) in [5.41, 5.74) is 3.02. The summed E-state index contributed by atoms with van der Waals surface area (Å²) in [5, 5.41) is 12.5. The van der Waals surface area contributed by atoms with Gasteiger partial charge in [0.2, 0.25) is 0 Å². The van der Waals surface area contributed by atoms with Crippen molar-refractivity contribution >= 4 is 0 Å². The van der Waals surface area contributed by atoms with Crippen LogP contribution in [-0.2, 0) is 13.0 Å². The van der Waals surface area contributed by atoms with Gasteiger partial charge in [0.15, 0.2) is 0 Å². The van der Waals surface area contributed by atoms with Gasteiger partial charge in [-0.05, 0) is 42.6 Å². The lowest BCUT2D eigenvalue weighted by Gasteiger charge is -2.16. The van der Waals surface area contributed by atoms with Gasteiger partial charge < -0.3 is 10.4 Å². The minimum absolute atomic E-state index is 0.0761. The van der Waals surface area contributed by atoms with Crippen molar-refractivity contribution in [2.45, 2.75) is 32.4 Å². The van der Waals surface area contributed by atoms with Gasteiger partial charge >= 0.3 is 0 Å². The Morgan fingerprint density at radius 3 is 2.43 bits per heavy atom. The molecule has 0 saturated carbocycles. The summed E-state index contributed by atoms with van der Waals surface area (Å²) in [6.07, 6.45) is 3.07. The van der Waals surface area contributed by atoms with Gasteiger partial charge in [0, 0.05) is 6.04 Å². The van der Waals surface area contributed by atoms with E-state index in [0.29, 0.717) is 0 Å². The molecule has 2 aromatic rings. The van der Waals surface area contributed by atoms with Crippen molar-refractivity contribution in [1.82, 2.24) is 10.3 Å². The van der Waals surface area contributed by atoms with E-state index in [1.807, 2.05) is 24.3 Å². The van der Waals surface area contributed by atoms with Crippen LogP contribution in [0, 0.1) is 5.82 Å². The fourth-order valence-corrected chi connectivity index (χ4v) is 2.25. The van der Waals surface area contributed by atoms with E-state index in [2.05, 4.69) is 17.2 Å². The Bertz CT molecular complexity index is 540. The Balaban J connectivity index is 1.86. The van der Waals surface area contributed by atoms with E-state index in [1.54, 1.807) is 6.07 Å². The van der Waals surface area contributed by atoms with E-state index in [9.17, 15) is 4.39 Å². The predicted octanol–water partition coefficient (Wildman–Crippen LogP) is 3.00. The molecule has 112 valence electrons. The summed E-state index contributed by atoms with van der Waals surface area (Å²) >= 11 is 0. The lowest BCUT2D eigenvalue weighted by molar-refractivity contribution is 0.282. The highest BCUT2D eigenvalue weighted by molar-refractivity contribution is 5.22. The summed E-state index contributed by atoms with van der Waals surface area (Å²) in [7, 11) is 0. The number of hydrogen-bond donors (Lipinski definition) is 2. The fourth-order valence-electron chi connectivity index (χ4n) is 2.25. The molecule has 2 N–H and O–H groups in total. The zero-order chi connectivity index (χ0) is 15.1. The smallest absolute Gasteiger partial charge is 0.141 e. The number of pyridine rings is 1. The van der Waals surface area contributed by atoms with E-state index in [1.165, 1.54) is 17.8 Å². The molecule has 1 heterocycles. The summed E-state index contributed by atoms with van der Waals surface area (Å²) in [4.78, 5) is 4.13. The largest absolute Gasteiger partial charge is 0.392 e. The van der Waals surface area contributed by atoms with Crippen LogP contribution in [0.2, 0.25) is 0 Å². The Kier molecular flexibility index (Phi) is 5.84. The molecule has 1 aromatic carbocycles. The van der Waals surface area contributed by atoms with Crippen LogP contribution in [0.15, 0.2) is 42.6 Å². The number of halogens is 1. The van der Waals surface area contributed by atoms with Gasteiger partial charge in [-0.3, -0.25) is 4.98 Å². The van der Waals surface area contributed by atoms with Crippen LogP contribution in [-0.4, -0.2) is 16.6 Å². The van der Waals surface area contributed by atoms with Gasteiger partial charge in [0.25, 0.3) is 0 Å². The summed E-state index contributed by atoms with van der Waals surface area (Å²) in [6, 6.07) is 11.3. The van der Waals surface area contributed by atoms with E-state index in [4.69, 9.17) is 5.11 Å². The minimum atomic E-state index is -0.308. The van der Waals surface area contributed by atoms with Crippen molar-refractivity contribution < 1.29 is 9.50 Å². The zero-order valence-corrected chi connectivity index (χ0v) is 12.2. The van der Waals surface area contributed by atoms with Crippen molar-refractivity contribution in [2.24, 2.45) is 0 Å². The third kappa shape index (κ3) is 4.62. The molecule has 3 nitrogen and oxygen atoms in total. The van der Waals surface area contributed by atoms with Gasteiger partial charge in [0.05, 0.1) is 18.5 Å². The standard InChI is InChI=1S/C17H21FN2O/c1-2-16(17-8-7-15(18)11-20-17)19-10-9-13-3-5-14(12-21)6-4-13/h3-8,11,16,19,21H,2,9-10,12H2,1H3. The van der Waals surface area contributed by atoms with E-state index >= 15 is 0 Å². The van der Waals surface area contributed by atoms with Gasteiger partial charge in [-0.2, -0.15) is 0 Å². The van der Waals surface area contributed by atoms with Crippen LogP contribution in [0.3, 0.4) is 0 Å². The van der Waals surface area contributed by atoms with Gasteiger partial charge in [-0.15, -0.1) is 0 Å². The molecule has 1 aromatic heterocycles. The molecule has 4 heteroatoms. The molecule has 0 amide bonds. The first-order chi connectivity index (χ1) is 10.2. The number of nitrogens with zero attached hydrogens (tertiary/aromatic N) is 1. The highest BCUT2D eigenvalue weighted by atomic mass is 19.1. The number of aromatic nitrogens is 1. The van der Waals surface area contributed by atoms with E-state index in [0.717, 1.165) is 30.6 Å². The average molecular weight is 288 g/mol. The fraction of sp³-hybridized carbons (Fsp3) is 0.353. The Morgan fingerprint density at radius 2 is 1.86 bits per heavy atom. The quantitative estimate of drug-likeness (QED) is 0.823. The van der Waals surface area contributed by atoms with Crippen LogP contribution in [0.25, 0.3) is 0 Å². The molecule has 0 aliphatic carbocycles. The van der Waals surface area contributed by atoms with E-state index < -0.39 is 0 Å². The number of hydrogen-bond acceptors (Lipinski definition) is 3. The second kappa shape index (κ2) is 7.86. The van der Waals surface area contributed by atoms with Crippen LogP contribution < -0.4 is 5.32 Å².